The Morgan fingerprint density at radius 1 is 0.839 bits per heavy atom. The Labute approximate surface area is 186 Å². The molecule has 0 aliphatic carbocycles. The first-order valence-corrected chi connectivity index (χ1v) is 12.1. The normalized spacial score (nSPS) is 18.4. The van der Waals surface area contributed by atoms with Gasteiger partial charge in [0.05, 0.1) is 17.9 Å². The zero-order chi connectivity index (χ0) is 22.0. The first-order chi connectivity index (χ1) is 15.0. The van der Waals surface area contributed by atoms with Crippen LogP contribution in [0.1, 0.15) is 0 Å². The maximum Gasteiger partial charge on any atom is 0.353 e. The summed E-state index contributed by atoms with van der Waals surface area (Å²) in [5.41, 5.74) is 0.00537. The number of carbonyl (C=O) groups excluding carboxylic acids is 1. The second-order valence-corrected chi connectivity index (χ2v) is 11.1. The van der Waals surface area contributed by atoms with E-state index in [9.17, 15) is 19.8 Å². The minimum Gasteiger partial charge on any atom is -0.477 e. The topological polar surface area (TPSA) is 77.8 Å². The van der Waals surface area contributed by atoms with Gasteiger partial charge in [-0.25, -0.2) is 4.79 Å². The standard InChI is InChI=1S/C24H22NO4PS/c26-16-20-21(27)25(23(20)31)22(24(28)29)30(17-10-4-1-5-11-17,18-12-6-2-7-13-18)19-14-8-3-9-15-19/h1-15,20,23,26,31H,16H2,(H,28,29). The van der Waals surface area contributed by atoms with Crippen molar-refractivity contribution in [3.63, 3.8) is 0 Å². The largest absolute Gasteiger partial charge is 0.477 e. The first kappa shape index (κ1) is 21.4. The molecule has 3 aromatic rings. The highest BCUT2D eigenvalue weighted by atomic mass is 32.1. The van der Waals surface area contributed by atoms with Crippen LogP contribution in [0.4, 0.5) is 0 Å². The number of hydrogen-bond acceptors (Lipinski definition) is 4. The van der Waals surface area contributed by atoms with Gasteiger partial charge >= 0.3 is 5.97 Å². The summed E-state index contributed by atoms with van der Waals surface area (Å²) in [6.45, 7) is -3.33. The smallest absolute Gasteiger partial charge is 0.353 e. The summed E-state index contributed by atoms with van der Waals surface area (Å²) < 4.78 is 0. The molecule has 0 bridgehead atoms. The van der Waals surface area contributed by atoms with Crippen molar-refractivity contribution in [3.05, 3.63) is 91.0 Å². The number of aliphatic hydroxyl groups is 1. The van der Waals surface area contributed by atoms with Gasteiger partial charge in [0.15, 0.2) is 0 Å². The molecule has 0 radical (unpaired) electrons. The van der Waals surface area contributed by atoms with Crippen molar-refractivity contribution in [3.8, 4) is 0 Å². The highest BCUT2D eigenvalue weighted by Crippen LogP contribution is 2.49. The van der Waals surface area contributed by atoms with Crippen molar-refractivity contribution < 1.29 is 19.8 Å². The number of β-lactam (4-membered cyclic amide) rings is 1. The van der Waals surface area contributed by atoms with Gasteiger partial charge < -0.3 is 10.2 Å². The number of aliphatic hydroxyl groups excluding tert-OH is 1. The number of amides is 1. The molecule has 1 heterocycles. The lowest BCUT2D eigenvalue weighted by Gasteiger charge is -2.47. The van der Waals surface area contributed by atoms with E-state index in [-0.39, 0.29) is 12.0 Å². The number of carboxylic acids is 1. The molecule has 4 rings (SSSR count). The van der Waals surface area contributed by atoms with Crippen LogP contribution >= 0.6 is 19.5 Å². The molecular formula is C24H22NO4PS. The number of benzene rings is 3. The number of likely N-dealkylation sites (tertiary alicyclic amines) is 1. The van der Waals surface area contributed by atoms with E-state index >= 15 is 0 Å². The molecule has 2 atom stereocenters. The van der Waals surface area contributed by atoms with E-state index in [1.165, 1.54) is 4.90 Å². The number of thiol groups is 1. The van der Waals surface area contributed by atoms with Crippen LogP contribution in [0.3, 0.4) is 0 Å². The first-order valence-electron chi connectivity index (χ1n) is 9.82. The summed E-state index contributed by atoms with van der Waals surface area (Å²) in [5, 5.41) is 21.9. The van der Waals surface area contributed by atoms with Crippen LogP contribution in [0.2, 0.25) is 0 Å². The summed E-state index contributed by atoms with van der Waals surface area (Å²) in [6, 6.07) is 28.4. The average Bonchev–Trinajstić information content (AvgIpc) is 2.81. The Bertz CT molecular complexity index is 1050. The Morgan fingerprint density at radius 2 is 1.23 bits per heavy atom. The molecule has 7 heteroatoms. The second-order valence-electron chi connectivity index (χ2n) is 7.22. The summed E-state index contributed by atoms with van der Waals surface area (Å²) in [5.74, 6) is -2.32. The maximum absolute atomic E-state index is 12.9. The van der Waals surface area contributed by atoms with E-state index in [0.29, 0.717) is 0 Å². The summed E-state index contributed by atoms with van der Waals surface area (Å²) in [4.78, 5) is 27.1. The van der Waals surface area contributed by atoms with Gasteiger partial charge in [0.25, 0.3) is 0 Å². The Hall–Kier alpha value is -2.79. The van der Waals surface area contributed by atoms with Gasteiger partial charge in [-0.05, 0) is 15.9 Å². The molecule has 3 aromatic carbocycles. The lowest BCUT2D eigenvalue weighted by molar-refractivity contribution is -0.147. The Balaban J connectivity index is 2.21. The van der Waals surface area contributed by atoms with Crippen molar-refractivity contribution in [2.75, 3.05) is 6.61 Å². The highest BCUT2D eigenvalue weighted by Gasteiger charge is 2.51. The third-order valence-corrected chi connectivity index (χ3v) is 10.4. The quantitative estimate of drug-likeness (QED) is 0.304. The summed E-state index contributed by atoms with van der Waals surface area (Å²) >= 11 is 4.50. The van der Waals surface area contributed by atoms with Crippen molar-refractivity contribution in [2.24, 2.45) is 5.92 Å². The molecule has 31 heavy (non-hydrogen) atoms. The molecule has 1 aliphatic rings. The van der Waals surface area contributed by atoms with Crippen LogP contribution in [0, 0.1) is 5.92 Å². The predicted octanol–water partition coefficient (Wildman–Crippen LogP) is 1.90. The third kappa shape index (κ3) is 3.41. The molecule has 0 spiro atoms. The van der Waals surface area contributed by atoms with Crippen LogP contribution in [0.15, 0.2) is 91.0 Å². The van der Waals surface area contributed by atoms with Gasteiger partial charge in [0, 0.05) is 6.89 Å². The van der Waals surface area contributed by atoms with Crippen LogP contribution in [-0.2, 0) is 9.59 Å². The number of rotatable bonds is 6. The minimum absolute atomic E-state index is 0.00537. The summed E-state index contributed by atoms with van der Waals surface area (Å²) in [7, 11) is 0. The SMILES string of the molecule is O=C(O)C(N1C(=O)C(CO)C1S)=P(c1ccccc1)(c1ccccc1)c1ccccc1. The molecule has 1 saturated heterocycles. The van der Waals surface area contributed by atoms with Gasteiger partial charge in [-0.15, -0.1) is 0 Å². The van der Waals surface area contributed by atoms with Crippen LogP contribution in [-0.4, -0.2) is 44.4 Å². The van der Waals surface area contributed by atoms with Gasteiger partial charge in [0.1, 0.15) is 5.42 Å². The van der Waals surface area contributed by atoms with E-state index in [1.54, 1.807) is 0 Å². The number of nitrogens with zero attached hydrogens (tertiary/aromatic N) is 1. The molecule has 0 aromatic heterocycles. The maximum atomic E-state index is 12.9. The van der Waals surface area contributed by atoms with E-state index in [1.807, 2.05) is 91.0 Å². The predicted molar refractivity (Wildman–Crippen MR) is 128 cm³/mol. The fourth-order valence-electron chi connectivity index (χ4n) is 4.11. The number of aliphatic carboxylic acids is 1. The Kier molecular flexibility index (Phi) is 6.05. The molecule has 1 amide bonds. The molecule has 0 saturated carbocycles. The van der Waals surface area contributed by atoms with Gasteiger partial charge in [0.2, 0.25) is 5.91 Å². The van der Waals surface area contributed by atoms with Crippen molar-refractivity contribution in [1.82, 2.24) is 4.90 Å². The zero-order valence-electron chi connectivity index (χ0n) is 16.6. The number of hydrogen-bond donors (Lipinski definition) is 3. The zero-order valence-corrected chi connectivity index (χ0v) is 18.4. The molecule has 158 valence electrons. The molecule has 1 aliphatic heterocycles. The molecule has 2 N–H and O–H groups in total. The summed E-state index contributed by atoms with van der Waals surface area (Å²) in [6.07, 6.45) is 0. The number of carbonyl (C=O) groups is 2. The van der Waals surface area contributed by atoms with E-state index in [0.717, 1.165) is 15.9 Å². The highest BCUT2D eigenvalue weighted by molar-refractivity contribution is 7.96. The lowest BCUT2D eigenvalue weighted by Crippen LogP contribution is -2.64. The minimum atomic E-state index is -2.96. The van der Waals surface area contributed by atoms with E-state index < -0.39 is 30.1 Å². The van der Waals surface area contributed by atoms with E-state index in [4.69, 9.17) is 0 Å². The van der Waals surface area contributed by atoms with Gasteiger partial charge in [-0.3, -0.25) is 9.69 Å². The van der Waals surface area contributed by atoms with Crippen molar-refractivity contribution in [2.45, 2.75) is 5.37 Å². The van der Waals surface area contributed by atoms with Crippen LogP contribution in [0.25, 0.3) is 0 Å². The number of carboxylic acid groups (broad SMARTS) is 1. The second kappa shape index (κ2) is 8.75. The monoisotopic (exact) mass is 451 g/mol. The third-order valence-electron chi connectivity index (χ3n) is 5.54. The van der Waals surface area contributed by atoms with Gasteiger partial charge in [-0.1, -0.05) is 91.0 Å². The fraction of sp³-hybridized carbons (Fsp3) is 0.125. The average molecular weight is 451 g/mol. The van der Waals surface area contributed by atoms with Crippen LogP contribution in [0.5, 0.6) is 0 Å². The van der Waals surface area contributed by atoms with Crippen LogP contribution < -0.4 is 15.9 Å². The fourth-order valence-corrected chi connectivity index (χ4v) is 8.97. The molecule has 2 unspecified atom stereocenters. The Morgan fingerprint density at radius 3 is 1.52 bits per heavy atom. The lowest BCUT2D eigenvalue weighted by atomic mass is 9.99. The van der Waals surface area contributed by atoms with Crippen molar-refractivity contribution >= 4 is 52.7 Å². The molecular weight excluding hydrogens is 429 g/mol. The van der Waals surface area contributed by atoms with Gasteiger partial charge in [-0.2, -0.15) is 12.6 Å². The van der Waals surface area contributed by atoms with Crippen molar-refractivity contribution in [1.29, 1.82) is 0 Å². The van der Waals surface area contributed by atoms with E-state index in [2.05, 4.69) is 12.6 Å². The molecule has 5 nitrogen and oxygen atoms in total. The molecule has 1 fully saturated rings.